The summed E-state index contributed by atoms with van der Waals surface area (Å²) in [4.78, 5) is 4.45. The molecule has 0 aliphatic heterocycles. The van der Waals surface area contributed by atoms with Crippen LogP contribution in [0.3, 0.4) is 0 Å². The van der Waals surface area contributed by atoms with Crippen LogP contribution in [0.1, 0.15) is 44.9 Å². The van der Waals surface area contributed by atoms with E-state index in [4.69, 9.17) is 0 Å². The maximum atomic E-state index is 10.0. The highest BCUT2D eigenvalue weighted by atomic mass is 32.2. The molecule has 1 N–H and O–H groups in total. The van der Waals surface area contributed by atoms with E-state index < -0.39 is 0 Å². The number of thioether (sulfide) groups is 1. The van der Waals surface area contributed by atoms with Gasteiger partial charge in [0.15, 0.2) is 4.34 Å². The van der Waals surface area contributed by atoms with Crippen molar-refractivity contribution < 1.29 is 5.11 Å². The fraction of sp³-hybridized carbons (Fsp3) is 0.818. The third-order valence-electron chi connectivity index (χ3n) is 2.94. The van der Waals surface area contributed by atoms with Crippen LogP contribution in [0.5, 0.6) is 0 Å². The first-order valence-corrected chi connectivity index (χ1v) is 7.62. The summed E-state index contributed by atoms with van der Waals surface area (Å²) in [5.74, 6) is 0.926. The van der Waals surface area contributed by atoms with Crippen LogP contribution in [0.15, 0.2) is 4.34 Å². The van der Waals surface area contributed by atoms with Gasteiger partial charge in [0.25, 0.3) is 0 Å². The second-order valence-corrected chi connectivity index (χ2v) is 6.43. The minimum absolute atomic E-state index is 0.165. The van der Waals surface area contributed by atoms with Gasteiger partial charge in [0.2, 0.25) is 0 Å². The fourth-order valence-electron chi connectivity index (χ4n) is 1.95. The van der Waals surface area contributed by atoms with Crippen molar-refractivity contribution in [2.75, 3.05) is 0 Å². The molecule has 0 amide bonds. The number of nitrogens with zero attached hydrogens (tertiary/aromatic N) is 2. The lowest BCUT2D eigenvalue weighted by Gasteiger charge is -2.17. The highest BCUT2D eigenvalue weighted by Gasteiger charge is 2.23. The molecule has 0 saturated heterocycles. The average molecular weight is 258 g/mol. The second-order valence-electron chi connectivity index (χ2n) is 4.19. The molecule has 2 rings (SSSR count). The molecule has 0 spiro atoms. The Hall–Kier alpha value is -0.130. The van der Waals surface area contributed by atoms with Crippen LogP contribution in [0.25, 0.3) is 0 Å². The van der Waals surface area contributed by atoms with Gasteiger partial charge in [0.1, 0.15) is 5.82 Å². The molecular formula is C11H18N2OS2. The van der Waals surface area contributed by atoms with Crippen molar-refractivity contribution in [2.45, 2.75) is 61.1 Å². The van der Waals surface area contributed by atoms with E-state index in [0.29, 0.717) is 5.25 Å². The van der Waals surface area contributed by atoms with Crippen LogP contribution in [-0.4, -0.2) is 25.8 Å². The van der Waals surface area contributed by atoms with Gasteiger partial charge in [-0.3, -0.25) is 0 Å². The summed E-state index contributed by atoms with van der Waals surface area (Å²) in [6, 6.07) is 0. The van der Waals surface area contributed by atoms with Crippen molar-refractivity contribution >= 4 is 23.3 Å². The molecule has 2 unspecified atom stereocenters. The average Bonchev–Trinajstić information content (AvgIpc) is 2.65. The molecule has 1 aromatic rings. The first kappa shape index (κ1) is 12.3. The molecule has 1 saturated carbocycles. The first-order chi connectivity index (χ1) is 7.79. The number of aryl methyl sites for hydroxylation is 1. The van der Waals surface area contributed by atoms with E-state index in [1.54, 1.807) is 11.8 Å². The van der Waals surface area contributed by atoms with E-state index in [1.165, 1.54) is 24.4 Å². The van der Waals surface area contributed by atoms with Crippen LogP contribution in [-0.2, 0) is 6.42 Å². The third kappa shape index (κ3) is 3.18. The number of aliphatic hydroxyl groups excluding tert-OH is 1. The van der Waals surface area contributed by atoms with E-state index in [2.05, 4.69) is 16.3 Å². The number of aromatic nitrogens is 2. The summed E-state index contributed by atoms with van der Waals surface area (Å²) in [6.07, 6.45) is 6.42. The van der Waals surface area contributed by atoms with Gasteiger partial charge < -0.3 is 5.11 Å². The van der Waals surface area contributed by atoms with Crippen LogP contribution in [0.2, 0.25) is 0 Å². The molecule has 5 heteroatoms. The Morgan fingerprint density at radius 1 is 1.38 bits per heavy atom. The fourth-order valence-corrected chi connectivity index (χ4v) is 4.10. The zero-order chi connectivity index (χ0) is 11.4. The summed E-state index contributed by atoms with van der Waals surface area (Å²) in [7, 11) is 0. The van der Waals surface area contributed by atoms with Crippen molar-refractivity contribution in [2.24, 2.45) is 0 Å². The number of aliphatic hydroxyl groups is 1. The molecule has 0 aromatic carbocycles. The van der Waals surface area contributed by atoms with E-state index >= 15 is 0 Å². The monoisotopic (exact) mass is 258 g/mol. The Morgan fingerprint density at radius 2 is 2.19 bits per heavy atom. The number of hydrogen-bond acceptors (Lipinski definition) is 5. The molecule has 1 heterocycles. The van der Waals surface area contributed by atoms with Gasteiger partial charge in [-0.25, -0.2) is 4.98 Å². The topological polar surface area (TPSA) is 46.0 Å². The van der Waals surface area contributed by atoms with Crippen molar-refractivity contribution in [3.8, 4) is 0 Å². The molecule has 3 nitrogen and oxygen atoms in total. The zero-order valence-electron chi connectivity index (χ0n) is 9.56. The van der Waals surface area contributed by atoms with E-state index in [1.807, 2.05) is 0 Å². The van der Waals surface area contributed by atoms with E-state index in [9.17, 15) is 5.11 Å². The standard InChI is InChI=1S/C11H18N2OS2/c1-2-10-12-11(16-13-10)15-9-7-5-3-4-6-8(9)14/h8-9,14H,2-7H2,1H3. The second kappa shape index (κ2) is 5.98. The van der Waals surface area contributed by atoms with Crippen molar-refractivity contribution in [3.63, 3.8) is 0 Å². The molecule has 16 heavy (non-hydrogen) atoms. The highest BCUT2D eigenvalue weighted by Crippen LogP contribution is 2.33. The summed E-state index contributed by atoms with van der Waals surface area (Å²) in [5.41, 5.74) is 0. The van der Waals surface area contributed by atoms with Gasteiger partial charge in [-0.1, -0.05) is 37.9 Å². The van der Waals surface area contributed by atoms with Crippen LogP contribution in [0, 0.1) is 0 Å². The van der Waals surface area contributed by atoms with Gasteiger partial charge in [-0.05, 0) is 24.4 Å². The lowest BCUT2D eigenvalue weighted by Crippen LogP contribution is -2.21. The summed E-state index contributed by atoms with van der Waals surface area (Å²) >= 11 is 3.18. The van der Waals surface area contributed by atoms with Gasteiger partial charge in [0.05, 0.1) is 6.10 Å². The smallest absolute Gasteiger partial charge is 0.170 e. The maximum Gasteiger partial charge on any atom is 0.170 e. The predicted octanol–water partition coefficient (Wildman–Crippen LogP) is 2.89. The van der Waals surface area contributed by atoms with Crippen LogP contribution in [0.4, 0.5) is 0 Å². The summed E-state index contributed by atoms with van der Waals surface area (Å²) in [5, 5.41) is 10.3. The lowest BCUT2D eigenvalue weighted by molar-refractivity contribution is 0.163. The Labute approximate surface area is 105 Å². The maximum absolute atomic E-state index is 10.0. The number of rotatable bonds is 3. The Balaban J connectivity index is 1.96. The molecular weight excluding hydrogens is 240 g/mol. The molecule has 0 bridgehead atoms. The van der Waals surface area contributed by atoms with E-state index in [0.717, 1.165) is 35.8 Å². The molecule has 2 atom stereocenters. The predicted molar refractivity (Wildman–Crippen MR) is 68.0 cm³/mol. The van der Waals surface area contributed by atoms with Gasteiger partial charge in [-0.2, -0.15) is 4.37 Å². The van der Waals surface area contributed by atoms with Crippen LogP contribution < -0.4 is 0 Å². The van der Waals surface area contributed by atoms with Crippen molar-refractivity contribution in [1.82, 2.24) is 9.36 Å². The molecule has 1 aromatic heterocycles. The normalized spacial score (nSPS) is 26.6. The molecule has 1 fully saturated rings. The SMILES string of the molecule is CCc1nsc(SC2CCCCCC2O)n1. The number of hydrogen-bond donors (Lipinski definition) is 1. The Bertz CT molecular complexity index is 330. The third-order valence-corrected chi connectivity index (χ3v) is 5.14. The Kier molecular flexibility index (Phi) is 4.61. The van der Waals surface area contributed by atoms with Gasteiger partial charge in [0, 0.05) is 11.7 Å². The van der Waals surface area contributed by atoms with Crippen molar-refractivity contribution in [3.05, 3.63) is 5.82 Å². The molecule has 1 aliphatic rings. The minimum atomic E-state index is -0.165. The highest BCUT2D eigenvalue weighted by molar-refractivity contribution is 8.01. The molecule has 90 valence electrons. The summed E-state index contributed by atoms with van der Waals surface area (Å²) < 4.78 is 5.29. The first-order valence-electron chi connectivity index (χ1n) is 5.97. The molecule has 0 radical (unpaired) electrons. The zero-order valence-corrected chi connectivity index (χ0v) is 11.2. The molecule has 1 aliphatic carbocycles. The lowest BCUT2D eigenvalue weighted by atomic mass is 10.1. The minimum Gasteiger partial charge on any atom is -0.392 e. The Morgan fingerprint density at radius 3 is 2.94 bits per heavy atom. The van der Waals surface area contributed by atoms with Crippen LogP contribution >= 0.6 is 23.3 Å². The quantitative estimate of drug-likeness (QED) is 0.847. The van der Waals surface area contributed by atoms with Gasteiger partial charge >= 0.3 is 0 Å². The van der Waals surface area contributed by atoms with Gasteiger partial charge in [-0.15, -0.1) is 0 Å². The van der Waals surface area contributed by atoms with Crippen molar-refractivity contribution in [1.29, 1.82) is 0 Å². The summed E-state index contributed by atoms with van der Waals surface area (Å²) in [6.45, 7) is 2.07. The largest absolute Gasteiger partial charge is 0.392 e. The van der Waals surface area contributed by atoms with E-state index in [-0.39, 0.29) is 6.10 Å².